The van der Waals surface area contributed by atoms with Crippen molar-refractivity contribution in [3.05, 3.63) is 99.5 Å². The van der Waals surface area contributed by atoms with Crippen LogP contribution in [0.25, 0.3) is 0 Å². The molecule has 1 saturated carbocycles. The van der Waals surface area contributed by atoms with Gasteiger partial charge in [-0.15, -0.1) is 0 Å². The molecule has 0 aliphatic heterocycles. The minimum Gasteiger partial charge on any atom is -0.370 e. The molecule has 1 amide bonds. The van der Waals surface area contributed by atoms with Crippen molar-refractivity contribution in [2.24, 2.45) is 10.7 Å². The summed E-state index contributed by atoms with van der Waals surface area (Å²) in [6, 6.07) is 24.3. The number of anilines is 1. The topological polar surface area (TPSA) is 74.0 Å². The van der Waals surface area contributed by atoms with Crippen molar-refractivity contribution >= 4 is 40.8 Å². The fourth-order valence-electron chi connectivity index (χ4n) is 5.28. The molecule has 8 heteroatoms. The zero-order valence-corrected chi connectivity index (χ0v) is 25.5. The van der Waals surface area contributed by atoms with Gasteiger partial charge in [-0.05, 0) is 67.9 Å². The van der Waals surface area contributed by atoms with Crippen LogP contribution in [0.4, 0.5) is 5.69 Å². The fourth-order valence-corrected chi connectivity index (χ4v) is 5.82. The molecule has 3 aromatic carbocycles. The van der Waals surface area contributed by atoms with E-state index >= 15 is 0 Å². The number of likely N-dealkylation sites (N-methyl/N-ethyl adjacent to an activating group) is 1. The summed E-state index contributed by atoms with van der Waals surface area (Å²) in [4.78, 5) is 21.8. The Hall–Kier alpha value is -3.06. The van der Waals surface area contributed by atoms with Crippen LogP contribution < -0.4 is 11.1 Å². The van der Waals surface area contributed by atoms with Crippen LogP contribution in [0.1, 0.15) is 61.1 Å². The first-order valence-corrected chi connectivity index (χ1v) is 15.2. The lowest BCUT2D eigenvalue weighted by Crippen LogP contribution is -2.41. The van der Waals surface area contributed by atoms with Gasteiger partial charge in [0.1, 0.15) is 0 Å². The second kappa shape index (κ2) is 15.2. The predicted octanol–water partition coefficient (Wildman–Crippen LogP) is 7.17. The van der Waals surface area contributed by atoms with Gasteiger partial charge in [0, 0.05) is 47.7 Å². The zero-order valence-electron chi connectivity index (χ0n) is 24.0. The Morgan fingerprint density at radius 1 is 0.976 bits per heavy atom. The van der Waals surface area contributed by atoms with E-state index in [0.29, 0.717) is 16.1 Å². The summed E-state index contributed by atoms with van der Waals surface area (Å²) >= 11 is 12.7. The lowest BCUT2D eigenvalue weighted by Gasteiger charge is -2.30. The molecule has 218 valence electrons. The van der Waals surface area contributed by atoms with E-state index in [1.54, 1.807) is 12.1 Å². The third kappa shape index (κ3) is 9.49. The highest BCUT2D eigenvalue weighted by molar-refractivity contribution is 6.35. The molecule has 0 aromatic heterocycles. The van der Waals surface area contributed by atoms with Gasteiger partial charge in [-0.25, -0.2) is 4.99 Å². The number of carbonyl (C=O) groups excluding carboxylic acids is 1. The van der Waals surface area contributed by atoms with Crippen LogP contribution in [0.2, 0.25) is 10.0 Å². The Kier molecular flexibility index (Phi) is 11.5. The van der Waals surface area contributed by atoms with Gasteiger partial charge in [0.2, 0.25) is 5.91 Å². The largest absolute Gasteiger partial charge is 0.370 e. The summed E-state index contributed by atoms with van der Waals surface area (Å²) in [7, 11) is 4.19. The molecule has 1 fully saturated rings. The molecule has 0 heterocycles. The maximum Gasteiger partial charge on any atom is 0.218 e. The van der Waals surface area contributed by atoms with Crippen molar-refractivity contribution in [1.82, 2.24) is 9.80 Å². The fraction of sp³-hybridized carbons (Fsp3) is 0.394. The maximum atomic E-state index is 12.0. The van der Waals surface area contributed by atoms with E-state index in [9.17, 15) is 4.79 Å². The smallest absolute Gasteiger partial charge is 0.218 e. The molecule has 6 nitrogen and oxygen atoms in total. The van der Waals surface area contributed by atoms with Gasteiger partial charge in [-0.1, -0.05) is 91.0 Å². The van der Waals surface area contributed by atoms with Crippen molar-refractivity contribution in [1.29, 1.82) is 0 Å². The van der Waals surface area contributed by atoms with E-state index in [1.165, 1.54) is 24.8 Å². The Labute approximate surface area is 254 Å². The van der Waals surface area contributed by atoms with Gasteiger partial charge < -0.3 is 20.9 Å². The van der Waals surface area contributed by atoms with Gasteiger partial charge in [-0.3, -0.25) is 4.79 Å². The van der Waals surface area contributed by atoms with Crippen LogP contribution in [0.5, 0.6) is 0 Å². The second-order valence-corrected chi connectivity index (χ2v) is 11.9. The predicted molar refractivity (Wildman–Crippen MR) is 172 cm³/mol. The molecule has 3 aromatic rings. The molecule has 0 radical (unpaired) electrons. The number of carbonyl (C=O) groups is 1. The number of aliphatic imine (C=N–C) groups is 1. The molecule has 1 unspecified atom stereocenters. The first kappa shape index (κ1) is 30.9. The molecule has 41 heavy (non-hydrogen) atoms. The van der Waals surface area contributed by atoms with Crippen molar-refractivity contribution in [3.8, 4) is 0 Å². The first-order chi connectivity index (χ1) is 19.8. The average molecular weight is 595 g/mol. The Balaban J connectivity index is 1.63. The van der Waals surface area contributed by atoms with E-state index in [0.717, 1.165) is 55.2 Å². The Morgan fingerprint density at radius 2 is 1.68 bits per heavy atom. The maximum absolute atomic E-state index is 12.0. The number of primary amides is 1. The summed E-state index contributed by atoms with van der Waals surface area (Å²) in [5.74, 6) is 0.240. The number of hydrogen-bond donors (Lipinski definition) is 2. The summed E-state index contributed by atoms with van der Waals surface area (Å²) in [5, 5.41) is 4.73. The first-order valence-electron chi connectivity index (χ1n) is 14.4. The van der Waals surface area contributed by atoms with Gasteiger partial charge in [0.15, 0.2) is 5.96 Å². The molecule has 3 N–H and O–H groups in total. The van der Waals surface area contributed by atoms with E-state index in [4.69, 9.17) is 33.9 Å². The van der Waals surface area contributed by atoms with E-state index < -0.39 is 0 Å². The van der Waals surface area contributed by atoms with Crippen LogP contribution in [-0.4, -0.2) is 54.9 Å². The number of benzene rings is 3. The quantitative estimate of drug-likeness (QED) is 0.183. The SMILES string of the molecule is CN(C)CCN(Cc1ccccc1)C(=NC1CCCCC1)Nc1ccc(C(CC(N)=O)c2ccc(Cl)cc2Cl)cc1. The standard InChI is InChI=1S/C33H41Cl2N5O/c1-39(2)19-20-40(23-24-9-5-3-6-10-24)33(37-27-11-7-4-8-12-27)38-28-16-13-25(14-17-28)30(22-32(36)41)29-18-15-26(34)21-31(29)35/h3,5-6,9-10,13-18,21,27,30H,4,7-8,11-12,19-20,22-23H2,1-2H3,(H2,36,41)(H,37,38). The normalized spacial score (nSPS) is 15.1. The van der Waals surface area contributed by atoms with Crippen molar-refractivity contribution in [2.45, 2.75) is 57.0 Å². The van der Waals surface area contributed by atoms with E-state index in [2.05, 4.69) is 53.5 Å². The summed E-state index contributed by atoms with van der Waals surface area (Å²) in [6.07, 6.45) is 6.12. The zero-order chi connectivity index (χ0) is 29.2. The van der Waals surface area contributed by atoms with Gasteiger partial charge in [0.25, 0.3) is 0 Å². The minimum atomic E-state index is -0.387. The van der Waals surface area contributed by atoms with Crippen LogP contribution in [0, 0.1) is 0 Å². The third-order valence-corrected chi connectivity index (χ3v) is 8.09. The van der Waals surface area contributed by atoms with Crippen LogP contribution >= 0.6 is 23.2 Å². The highest BCUT2D eigenvalue weighted by Gasteiger charge is 2.21. The highest BCUT2D eigenvalue weighted by atomic mass is 35.5. The molecule has 1 aliphatic rings. The lowest BCUT2D eigenvalue weighted by molar-refractivity contribution is -0.118. The molecule has 0 bridgehead atoms. The van der Waals surface area contributed by atoms with Crippen molar-refractivity contribution in [3.63, 3.8) is 0 Å². The van der Waals surface area contributed by atoms with Crippen LogP contribution in [-0.2, 0) is 11.3 Å². The number of amides is 1. The summed E-state index contributed by atoms with van der Waals surface area (Å²) < 4.78 is 0. The van der Waals surface area contributed by atoms with E-state index in [1.807, 2.05) is 36.4 Å². The number of nitrogens with one attached hydrogen (secondary N) is 1. The van der Waals surface area contributed by atoms with Crippen molar-refractivity contribution in [2.75, 3.05) is 32.5 Å². The van der Waals surface area contributed by atoms with Gasteiger partial charge in [-0.2, -0.15) is 0 Å². The van der Waals surface area contributed by atoms with Crippen LogP contribution in [0.15, 0.2) is 77.8 Å². The van der Waals surface area contributed by atoms with Crippen molar-refractivity contribution < 1.29 is 4.79 Å². The monoisotopic (exact) mass is 593 g/mol. The Bertz CT molecular complexity index is 1290. The number of nitrogens with two attached hydrogens (primary N) is 1. The van der Waals surface area contributed by atoms with Gasteiger partial charge >= 0.3 is 0 Å². The molecule has 1 aliphatic carbocycles. The number of guanidine groups is 1. The second-order valence-electron chi connectivity index (χ2n) is 11.1. The number of hydrogen-bond acceptors (Lipinski definition) is 3. The molecule has 0 saturated heterocycles. The summed E-state index contributed by atoms with van der Waals surface area (Å²) in [5.41, 5.74) is 9.60. The molecule has 0 spiro atoms. The van der Waals surface area contributed by atoms with Gasteiger partial charge in [0.05, 0.1) is 6.04 Å². The number of nitrogens with zero attached hydrogens (tertiary/aromatic N) is 3. The van der Waals surface area contributed by atoms with Crippen LogP contribution in [0.3, 0.4) is 0 Å². The highest BCUT2D eigenvalue weighted by Crippen LogP contribution is 2.35. The lowest BCUT2D eigenvalue weighted by atomic mass is 9.88. The average Bonchev–Trinajstić information content (AvgIpc) is 2.95. The number of halogens is 2. The minimum absolute atomic E-state index is 0.151. The molecule has 4 rings (SSSR count). The third-order valence-electron chi connectivity index (χ3n) is 7.52. The number of rotatable bonds is 11. The Morgan fingerprint density at radius 3 is 2.32 bits per heavy atom. The summed E-state index contributed by atoms with van der Waals surface area (Å²) in [6.45, 7) is 2.52. The molecular formula is C33H41Cl2N5O. The molecule has 1 atom stereocenters. The van der Waals surface area contributed by atoms with E-state index in [-0.39, 0.29) is 18.2 Å². The molecular weight excluding hydrogens is 553 g/mol.